The first-order chi connectivity index (χ1) is 8.80. The van der Waals surface area contributed by atoms with Crippen molar-refractivity contribution in [2.24, 2.45) is 11.5 Å². The Bertz CT molecular complexity index is 519. The monoisotopic (exact) mass is 247 g/mol. The van der Waals surface area contributed by atoms with Gasteiger partial charge < -0.3 is 20.8 Å². The summed E-state index contributed by atoms with van der Waals surface area (Å²) in [6, 6.07) is 6.18. The van der Waals surface area contributed by atoms with Crippen molar-refractivity contribution in [3.8, 4) is 5.75 Å². The number of methoxy groups -OCH3 is 1. The molecule has 0 aliphatic heterocycles. The van der Waals surface area contributed by atoms with Gasteiger partial charge in [0.05, 0.1) is 12.6 Å². The maximum Gasteiger partial charge on any atom is 0.120 e. The van der Waals surface area contributed by atoms with E-state index < -0.39 is 0 Å². The van der Waals surface area contributed by atoms with Crippen LogP contribution in [-0.4, -0.2) is 24.8 Å². The number of nitrogens with zero attached hydrogens (tertiary/aromatic N) is 1. The molecule has 98 valence electrons. The highest BCUT2D eigenvalue weighted by Gasteiger charge is 2.08. The summed E-state index contributed by atoms with van der Waals surface area (Å²) in [5.41, 5.74) is 13.7. The number of aryl methyl sites for hydroxylation is 1. The Morgan fingerprint density at radius 2 is 2.06 bits per heavy atom. The zero-order chi connectivity index (χ0) is 13.0. The lowest BCUT2D eigenvalue weighted by Gasteiger charge is -2.05. The Kier molecular flexibility index (Phi) is 4.23. The van der Waals surface area contributed by atoms with Crippen LogP contribution < -0.4 is 16.2 Å². The lowest BCUT2D eigenvalue weighted by Crippen LogP contribution is -2.05. The molecule has 0 spiro atoms. The summed E-state index contributed by atoms with van der Waals surface area (Å²) in [6.45, 7) is 2.31. The van der Waals surface area contributed by atoms with E-state index in [1.807, 2.05) is 6.07 Å². The minimum Gasteiger partial charge on any atom is -0.497 e. The van der Waals surface area contributed by atoms with Crippen LogP contribution in [0.3, 0.4) is 0 Å². The van der Waals surface area contributed by atoms with E-state index >= 15 is 0 Å². The van der Waals surface area contributed by atoms with Crippen molar-refractivity contribution < 1.29 is 4.74 Å². The quantitative estimate of drug-likeness (QED) is 0.813. The first-order valence-electron chi connectivity index (χ1n) is 6.36. The smallest absolute Gasteiger partial charge is 0.120 e. The number of hydrogen-bond donors (Lipinski definition) is 2. The van der Waals surface area contributed by atoms with Crippen molar-refractivity contribution in [2.45, 2.75) is 19.4 Å². The maximum atomic E-state index is 5.66. The number of ether oxygens (including phenoxy) is 1. The molecule has 0 saturated carbocycles. The van der Waals surface area contributed by atoms with Crippen LogP contribution in [-0.2, 0) is 13.0 Å². The SMILES string of the molecule is COc1ccc2c(CCN)cn(CCCN)c2c1. The summed E-state index contributed by atoms with van der Waals surface area (Å²) < 4.78 is 7.53. The Morgan fingerprint density at radius 3 is 2.72 bits per heavy atom. The fourth-order valence-corrected chi connectivity index (χ4v) is 2.28. The van der Waals surface area contributed by atoms with E-state index in [9.17, 15) is 0 Å². The normalized spacial score (nSPS) is 11.1. The number of rotatable bonds is 6. The van der Waals surface area contributed by atoms with Gasteiger partial charge in [-0.3, -0.25) is 0 Å². The summed E-state index contributed by atoms with van der Waals surface area (Å²) in [5.74, 6) is 0.883. The zero-order valence-corrected chi connectivity index (χ0v) is 10.9. The molecule has 2 aromatic rings. The van der Waals surface area contributed by atoms with Crippen LogP contribution in [0.4, 0.5) is 0 Å². The highest BCUT2D eigenvalue weighted by molar-refractivity contribution is 5.85. The predicted octanol–water partition coefficient (Wildman–Crippen LogP) is 1.50. The molecule has 1 aromatic heterocycles. The van der Waals surface area contributed by atoms with Gasteiger partial charge >= 0.3 is 0 Å². The molecule has 0 saturated heterocycles. The van der Waals surface area contributed by atoms with Gasteiger partial charge in [0.2, 0.25) is 0 Å². The second-order valence-corrected chi connectivity index (χ2v) is 4.41. The lowest BCUT2D eigenvalue weighted by molar-refractivity contribution is 0.415. The molecule has 0 aliphatic rings. The number of fused-ring (bicyclic) bond motifs is 1. The van der Waals surface area contributed by atoms with Gasteiger partial charge in [0.15, 0.2) is 0 Å². The Balaban J connectivity index is 2.46. The van der Waals surface area contributed by atoms with E-state index in [4.69, 9.17) is 16.2 Å². The fourth-order valence-electron chi connectivity index (χ4n) is 2.28. The van der Waals surface area contributed by atoms with Crippen molar-refractivity contribution >= 4 is 10.9 Å². The molecular formula is C14H21N3O. The van der Waals surface area contributed by atoms with Crippen LogP contribution in [0.25, 0.3) is 10.9 Å². The molecular weight excluding hydrogens is 226 g/mol. The van der Waals surface area contributed by atoms with Crippen LogP contribution in [0.5, 0.6) is 5.75 Å². The summed E-state index contributed by atoms with van der Waals surface area (Å²) in [6.07, 6.45) is 4.06. The first-order valence-corrected chi connectivity index (χ1v) is 6.36. The molecule has 0 radical (unpaired) electrons. The van der Waals surface area contributed by atoms with E-state index in [-0.39, 0.29) is 0 Å². The first kappa shape index (κ1) is 12.9. The van der Waals surface area contributed by atoms with Crippen LogP contribution in [0.1, 0.15) is 12.0 Å². The van der Waals surface area contributed by atoms with Crippen LogP contribution in [0.15, 0.2) is 24.4 Å². The second-order valence-electron chi connectivity index (χ2n) is 4.41. The second kappa shape index (κ2) is 5.89. The van der Waals surface area contributed by atoms with Gasteiger partial charge in [-0.15, -0.1) is 0 Å². The van der Waals surface area contributed by atoms with Gasteiger partial charge in [-0.25, -0.2) is 0 Å². The van der Waals surface area contributed by atoms with Crippen LogP contribution in [0, 0.1) is 0 Å². The van der Waals surface area contributed by atoms with Gasteiger partial charge in [0, 0.05) is 24.2 Å². The van der Waals surface area contributed by atoms with Crippen LogP contribution in [0.2, 0.25) is 0 Å². The maximum absolute atomic E-state index is 5.66. The average Bonchev–Trinajstić information content (AvgIpc) is 2.74. The summed E-state index contributed by atoms with van der Waals surface area (Å²) in [7, 11) is 1.69. The standard InChI is InChI=1S/C14H21N3O/c1-18-12-3-4-13-11(5-7-16)10-17(8-2-6-15)14(13)9-12/h3-4,9-10H,2,5-8,15-16H2,1H3. The highest BCUT2D eigenvalue weighted by atomic mass is 16.5. The average molecular weight is 247 g/mol. The van der Waals surface area contributed by atoms with E-state index in [0.29, 0.717) is 13.1 Å². The molecule has 1 aromatic carbocycles. The molecule has 4 heteroatoms. The lowest BCUT2D eigenvalue weighted by atomic mass is 10.1. The summed E-state index contributed by atoms with van der Waals surface area (Å²) >= 11 is 0. The van der Waals surface area contributed by atoms with Crippen molar-refractivity contribution in [3.05, 3.63) is 30.0 Å². The Morgan fingerprint density at radius 1 is 1.22 bits per heavy atom. The van der Waals surface area contributed by atoms with E-state index in [1.54, 1.807) is 7.11 Å². The van der Waals surface area contributed by atoms with Crippen molar-refractivity contribution in [2.75, 3.05) is 20.2 Å². The molecule has 0 unspecified atom stereocenters. The fraction of sp³-hybridized carbons (Fsp3) is 0.429. The molecule has 4 N–H and O–H groups in total. The third-order valence-corrected chi connectivity index (χ3v) is 3.19. The topological polar surface area (TPSA) is 66.2 Å². The van der Waals surface area contributed by atoms with E-state index in [2.05, 4.69) is 22.9 Å². The number of aromatic nitrogens is 1. The molecule has 0 atom stereocenters. The van der Waals surface area contributed by atoms with Gasteiger partial charge in [-0.2, -0.15) is 0 Å². The van der Waals surface area contributed by atoms with E-state index in [1.165, 1.54) is 16.5 Å². The van der Waals surface area contributed by atoms with Crippen molar-refractivity contribution in [3.63, 3.8) is 0 Å². The molecule has 1 heterocycles. The number of hydrogen-bond acceptors (Lipinski definition) is 3. The van der Waals surface area contributed by atoms with Gasteiger partial charge in [-0.1, -0.05) is 0 Å². The van der Waals surface area contributed by atoms with Crippen LogP contribution >= 0.6 is 0 Å². The zero-order valence-electron chi connectivity index (χ0n) is 10.9. The summed E-state index contributed by atoms with van der Waals surface area (Å²) in [4.78, 5) is 0. The third kappa shape index (κ3) is 2.49. The molecule has 0 bridgehead atoms. The molecule has 4 nitrogen and oxygen atoms in total. The molecule has 0 aliphatic carbocycles. The number of benzene rings is 1. The third-order valence-electron chi connectivity index (χ3n) is 3.19. The van der Waals surface area contributed by atoms with Crippen molar-refractivity contribution in [1.29, 1.82) is 0 Å². The molecule has 18 heavy (non-hydrogen) atoms. The Labute approximate surface area is 108 Å². The van der Waals surface area contributed by atoms with Crippen molar-refractivity contribution in [1.82, 2.24) is 4.57 Å². The molecule has 0 amide bonds. The van der Waals surface area contributed by atoms with Gasteiger partial charge in [-0.05, 0) is 43.6 Å². The largest absolute Gasteiger partial charge is 0.497 e. The Hall–Kier alpha value is -1.52. The molecule has 2 rings (SSSR count). The van der Waals surface area contributed by atoms with Gasteiger partial charge in [0.1, 0.15) is 5.75 Å². The number of nitrogens with two attached hydrogens (primary N) is 2. The minimum atomic E-state index is 0.669. The van der Waals surface area contributed by atoms with E-state index in [0.717, 1.165) is 25.1 Å². The van der Waals surface area contributed by atoms with Gasteiger partial charge in [0.25, 0.3) is 0 Å². The molecule has 0 fully saturated rings. The minimum absolute atomic E-state index is 0.669. The summed E-state index contributed by atoms with van der Waals surface area (Å²) in [5, 5.41) is 1.26. The highest BCUT2D eigenvalue weighted by Crippen LogP contribution is 2.26. The predicted molar refractivity (Wildman–Crippen MR) is 74.9 cm³/mol.